The van der Waals surface area contributed by atoms with Crippen LogP contribution in [0.5, 0.6) is 0 Å². The van der Waals surface area contributed by atoms with Crippen molar-refractivity contribution >= 4 is 0 Å². The topological polar surface area (TPSA) is 26.0 Å². The summed E-state index contributed by atoms with van der Waals surface area (Å²) in [5.41, 5.74) is 3.75. The summed E-state index contributed by atoms with van der Waals surface area (Å²) in [5.74, 6) is 0. The van der Waals surface area contributed by atoms with Gasteiger partial charge in [0.25, 0.3) is 0 Å². The van der Waals surface area contributed by atoms with E-state index in [1.807, 2.05) is 0 Å². The second-order valence-corrected chi connectivity index (χ2v) is 4.88. The van der Waals surface area contributed by atoms with Crippen LogP contribution in [0.1, 0.15) is 36.8 Å². The van der Waals surface area contributed by atoms with Gasteiger partial charge in [0, 0.05) is 6.04 Å². The lowest BCUT2D eigenvalue weighted by Gasteiger charge is -2.33. The summed E-state index contributed by atoms with van der Waals surface area (Å²) in [5, 5.41) is 0. The minimum absolute atomic E-state index is 0.00308. The molecule has 0 amide bonds. The van der Waals surface area contributed by atoms with Crippen LogP contribution >= 0.6 is 0 Å². The molecule has 18 heavy (non-hydrogen) atoms. The predicted octanol–water partition coefficient (Wildman–Crippen LogP) is 3.77. The molecule has 1 aromatic carbocycles. The van der Waals surface area contributed by atoms with Crippen LogP contribution in [-0.2, 0) is 11.8 Å². The Hall–Kier alpha value is -1.10. The van der Waals surface area contributed by atoms with Crippen molar-refractivity contribution in [1.82, 2.24) is 0 Å². The van der Waals surface area contributed by atoms with Crippen molar-refractivity contribution in [3.63, 3.8) is 0 Å². The van der Waals surface area contributed by atoms with E-state index in [4.69, 9.17) is 5.73 Å². The summed E-state index contributed by atoms with van der Waals surface area (Å²) < 4.78 is 51.8. The second-order valence-electron chi connectivity index (χ2n) is 4.88. The first-order chi connectivity index (χ1) is 8.31. The Morgan fingerprint density at radius 1 is 1.06 bits per heavy atom. The lowest BCUT2D eigenvalue weighted by Crippen LogP contribution is -2.33. The highest BCUT2D eigenvalue weighted by molar-refractivity contribution is 5.29. The van der Waals surface area contributed by atoms with Crippen LogP contribution in [0.4, 0.5) is 17.6 Å². The highest BCUT2D eigenvalue weighted by Gasteiger charge is 2.37. The molecular formula is C13H15F4N. The fraction of sp³-hybridized carbons (Fsp3) is 0.538. The van der Waals surface area contributed by atoms with Crippen molar-refractivity contribution in [3.8, 4) is 0 Å². The quantitative estimate of drug-likeness (QED) is 0.765. The van der Waals surface area contributed by atoms with Gasteiger partial charge in [0.1, 0.15) is 5.67 Å². The molecule has 0 heterocycles. The Bertz CT molecular complexity index is 402. The first-order valence-corrected chi connectivity index (χ1v) is 5.93. The molecule has 0 aliphatic heterocycles. The molecule has 1 fully saturated rings. The molecule has 100 valence electrons. The van der Waals surface area contributed by atoms with E-state index in [-0.39, 0.29) is 18.9 Å². The van der Waals surface area contributed by atoms with Gasteiger partial charge in [-0.25, -0.2) is 4.39 Å². The zero-order valence-electron chi connectivity index (χ0n) is 9.80. The fourth-order valence-corrected chi connectivity index (χ4v) is 2.34. The summed E-state index contributed by atoms with van der Waals surface area (Å²) in [4.78, 5) is 0. The summed E-state index contributed by atoms with van der Waals surface area (Å²) in [7, 11) is 0. The third kappa shape index (κ3) is 2.66. The van der Waals surface area contributed by atoms with Gasteiger partial charge in [-0.2, -0.15) is 13.2 Å². The van der Waals surface area contributed by atoms with Gasteiger partial charge in [0.05, 0.1) is 5.56 Å². The largest absolute Gasteiger partial charge is 0.416 e. The maximum atomic E-state index is 14.6. The summed E-state index contributed by atoms with van der Waals surface area (Å²) in [6.07, 6.45) is -2.69. The van der Waals surface area contributed by atoms with Gasteiger partial charge in [-0.3, -0.25) is 0 Å². The van der Waals surface area contributed by atoms with Crippen molar-refractivity contribution in [2.24, 2.45) is 5.73 Å². The number of hydrogen-bond donors (Lipinski definition) is 1. The van der Waals surface area contributed by atoms with Crippen molar-refractivity contribution in [2.45, 2.75) is 43.6 Å². The molecule has 1 aromatic rings. The van der Waals surface area contributed by atoms with Crippen LogP contribution in [-0.4, -0.2) is 6.04 Å². The number of halogens is 4. The molecule has 0 atom stereocenters. The Morgan fingerprint density at radius 3 is 2.00 bits per heavy atom. The zero-order chi connectivity index (χ0) is 13.4. The highest BCUT2D eigenvalue weighted by atomic mass is 19.4. The Kier molecular flexibility index (Phi) is 3.36. The molecule has 0 aromatic heterocycles. The lowest BCUT2D eigenvalue weighted by atomic mass is 9.79. The maximum absolute atomic E-state index is 14.6. The van der Waals surface area contributed by atoms with E-state index in [9.17, 15) is 17.6 Å². The van der Waals surface area contributed by atoms with Crippen molar-refractivity contribution < 1.29 is 17.6 Å². The van der Waals surface area contributed by atoms with E-state index in [0.717, 1.165) is 12.1 Å². The van der Waals surface area contributed by atoms with Crippen molar-refractivity contribution in [1.29, 1.82) is 0 Å². The first kappa shape index (κ1) is 13.3. The van der Waals surface area contributed by atoms with E-state index < -0.39 is 17.4 Å². The molecule has 5 heteroatoms. The average molecular weight is 261 g/mol. The van der Waals surface area contributed by atoms with Crippen LogP contribution < -0.4 is 5.73 Å². The lowest BCUT2D eigenvalue weighted by molar-refractivity contribution is -0.137. The minimum Gasteiger partial charge on any atom is -0.328 e. The molecule has 0 saturated heterocycles. The Balaban J connectivity index is 2.19. The summed E-state index contributed by atoms with van der Waals surface area (Å²) in [6.45, 7) is 0. The molecule has 0 spiro atoms. The van der Waals surface area contributed by atoms with Crippen molar-refractivity contribution in [2.75, 3.05) is 0 Å². The van der Waals surface area contributed by atoms with Crippen LogP contribution in [0.15, 0.2) is 24.3 Å². The molecule has 0 bridgehead atoms. The van der Waals surface area contributed by atoms with E-state index in [0.29, 0.717) is 18.4 Å². The van der Waals surface area contributed by atoms with Gasteiger partial charge in [0.15, 0.2) is 0 Å². The van der Waals surface area contributed by atoms with E-state index in [2.05, 4.69) is 0 Å². The van der Waals surface area contributed by atoms with E-state index in [1.54, 1.807) is 0 Å². The number of hydrogen-bond acceptors (Lipinski definition) is 1. The smallest absolute Gasteiger partial charge is 0.328 e. The van der Waals surface area contributed by atoms with Gasteiger partial charge in [0.2, 0.25) is 0 Å². The molecule has 2 rings (SSSR count). The highest BCUT2D eigenvalue weighted by Crippen LogP contribution is 2.41. The van der Waals surface area contributed by atoms with E-state index >= 15 is 0 Å². The number of rotatable bonds is 1. The molecule has 0 radical (unpaired) electrons. The van der Waals surface area contributed by atoms with Gasteiger partial charge < -0.3 is 5.73 Å². The predicted molar refractivity (Wildman–Crippen MR) is 60.7 cm³/mol. The van der Waals surface area contributed by atoms with Gasteiger partial charge in [-0.05, 0) is 43.4 Å². The van der Waals surface area contributed by atoms with Gasteiger partial charge in [-0.1, -0.05) is 12.1 Å². The Morgan fingerprint density at radius 2 is 1.56 bits per heavy atom. The van der Waals surface area contributed by atoms with Gasteiger partial charge >= 0.3 is 6.18 Å². The molecule has 1 nitrogen and oxygen atoms in total. The molecular weight excluding hydrogens is 246 g/mol. The van der Waals surface area contributed by atoms with Gasteiger partial charge in [-0.15, -0.1) is 0 Å². The monoisotopic (exact) mass is 261 g/mol. The van der Waals surface area contributed by atoms with E-state index in [1.165, 1.54) is 12.1 Å². The summed E-state index contributed by atoms with van der Waals surface area (Å²) in [6, 6.07) is 4.35. The first-order valence-electron chi connectivity index (χ1n) is 5.93. The molecule has 0 unspecified atom stereocenters. The standard InChI is InChI=1S/C13H15F4N/c14-12(7-5-11(18)6-8-12)9-1-3-10(4-2-9)13(15,16)17/h1-4,11H,5-8,18H2. The normalized spacial score (nSPS) is 29.3. The number of alkyl halides is 4. The third-order valence-electron chi connectivity index (χ3n) is 3.55. The zero-order valence-corrected chi connectivity index (χ0v) is 9.80. The number of benzene rings is 1. The van der Waals surface area contributed by atoms with Crippen LogP contribution in [0, 0.1) is 0 Å². The molecule has 2 N–H and O–H groups in total. The van der Waals surface area contributed by atoms with Crippen LogP contribution in [0.2, 0.25) is 0 Å². The SMILES string of the molecule is NC1CCC(F)(c2ccc(C(F)(F)F)cc2)CC1. The maximum Gasteiger partial charge on any atom is 0.416 e. The Labute approximate surface area is 103 Å². The third-order valence-corrected chi connectivity index (χ3v) is 3.55. The average Bonchev–Trinajstić information content (AvgIpc) is 2.32. The van der Waals surface area contributed by atoms with Crippen LogP contribution in [0.3, 0.4) is 0 Å². The summed E-state index contributed by atoms with van der Waals surface area (Å²) >= 11 is 0. The minimum atomic E-state index is -4.38. The molecule has 1 aliphatic carbocycles. The van der Waals surface area contributed by atoms with Crippen molar-refractivity contribution in [3.05, 3.63) is 35.4 Å². The van der Waals surface area contributed by atoms with Crippen LogP contribution in [0.25, 0.3) is 0 Å². The second kappa shape index (κ2) is 4.53. The fourth-order valence-electron chi connectivity index (χ4n) is 2.34. The molecule has 1 aliphatic rings. The number of nitrogens with two attached hydrogens (primary N) is 1. The molecule has 1 saturated carbocycles.